The summed E-state index contributed by atoms with van der Waals surface area (Å²) in [6.45, 7) is 3.00. The molecule has 0 radical (unpaired) electrons. The van der Waals surface area contributed by atoms with Gasteiger partial charge in [-0.15, -0.1) is 22.7 Å². The van der Waals surface area contributed by atoms with Gasteiger partial charge in [0.05, 0.1) is 11.7 Å². The lowest BCUT2D eigenvalue weighted by atomic mass is 10.1. The van der Waals surface area contributed by atoms with Crippen LogP contribution in [0.2, 0.25) is 0 Å². The molecule has 0 aliphatic carbocycles. The molecule has 0 saturated carbocycles. The topological polar surface area (TPSA) is 29.9 Å². The van der Waals surface area contributed by atoms with Crippen molar-refractivity contribution in [1.82, 2.24) is 15.1 Å². The van der Waals surface area contributed by atoms with Crippen molar-refractivity contribution in [2.24, 2.45) is 7.05 Å². The van der Waals surface area contributed by atoms with Crippen LogP contribution >= 0.6 is 22.7 Å². The Hall–Kier alpha value is -1.43. The molecule has 5 heteroatoms. The summed E-state index contributed by atoms with van der Waals surface area (Å²) in [4.78, 5) is 2.72. The molecule has 1 N–H and O–H groups in total. The number of nitrogens with one attached hydrogen (secondary N) is 1. The monoisotopic (exact) mass is 317 g/mol. The molecule has 3 rings (SSSR count). The molecule has 110 valence electrons. The zero-order valence-corrected chi connectivity index (χ0v) is 13.9. The van der Waals surface area contributed by atoms with Crippen molar-refractivity contribution in [2.45, 2.75) is 25.9 Å². The third-order valence-corrected chi connectivity index (χ3v) is 5.35. The Bertz CT molecular complexity index is 634. The van der Waals surface area contributed by atoms with Crippen LogP contribution in [0.15, 0.2) is 41.2 Å². The Kier molecular flexibility index (Phi) is 4.53. The number of nitrogens with zero attached hydrogens (tertiary/aromatic N) is 2. The summed E-state index contributed by atoms with van der Waals surface area (Å²) in [5, 5.41) is 12.5. The smallest absolute Gasteiger partial charge is 0.0767 e. The summed E-state index contributed by atoms with van der Waals surface area (Å²) in [7, 11) is 1.98. The number of hydrogen-bond acceptors (Lipinski definition) is 4. The molecular weight excluding hydrogens is 298 g/mol. The minimum atomic E-state index is 0.273. The minimum Gasteiger partial charge on any atom is -0.301 e. The van der Waals surface area contributed by atoms with E-state index in [1.807, 2.05) is 11.7 Å². The van der Waals surface area contributed by atoms with Gasteiger partial charge in [0.2, 0.25) is 0 Å². The summed E-state index contributed by atoms with van der Waals surface area (Å²) < 4.78 is 1.90. The molecule has 3 aromatic heterocycles. The molecule has 21 heavy (non-hydrogen) atoms. The van der Waals surface area contributed by atoms with Gasteiger partial charge in [-0.05, 0) is 29.3 Å². The average molecular weight is 317 g/mol. The number of aryl methyl sites for hydroxylation is 2. The fraction of sp³-hybridized carbons (Fsp3) is 0.312. The summed E-state index contributed by atoms with van der Waals surface area (Å²) in [6, 6.07) is 8.90. The van der Waals surface area contributed by atoms with E-state index in [1.165, 1.54) is 21.0 Å². The van der Waals surface area contributed by atoms with E-state index >= 15 is 0 Å². The summed E-state index contributed by atoms with van der Waals surface area (Å²) >= 11 is 3.61. The molecule has 0 fully saturated rings. The average Bonchev–Trinajstić information content (AvgIpc) is 3.20. The van der Waals surface area contributed by atoms with Gasteiger partial charge in [0.1, 0.15) is 0 Å². The third-order valence-electron chi connectivity index (χ3n) is 3.48. The SMILES string of the molecule is CCc1nn(C)cc1CNC(c1cccs1)c1cccs1. The van der Waals surface area contributed by atoms with Crippen molar-refractivity contribution in [3.8, 4) is 0 Å². The van der Waals surface area contributed by atoms with E-state index < -0.39 is 0 Å². The van der Waals surface area contributed by atoms with Crippen molar-refractivity contribution in [1.29, 1.82) is 0 Å². The second-order valence-electron chi connectivity index (χ2n) is 4.97. The van der Waals surface area contributed by atoms with Crippen molar-refractivity contribution in [2.75, 3.05) is 0 Å². The van der Waals surface area contributed by atoms with E-state index in [0.29, 0.717) is 0 Å². The van der Waals surface area contributed by atoms with Crippen LogP contribution in [-0.2, 0) is 20.0 Å². The Morgan fingerprint density at radius 2 is 1.86 bits per heavy atom. The fourth-order valence-corrected chi connectivity index (χ4v) is 4.20. The molecule has 0 aliphatic rings. The lowest BCUT2D eigenvalue weighted by Crippen LogP contribution is -2.20. The second-order valence-corrected chi connectivity index (χ2v) is 6.93. The van der Waals surface area contributed by atoms with E-state index in [-0.39, 0.29) is 6.04 Å². The van der Waals surface area contributed by atoms with Gasteiger partial charge in [0.15, 0.2) is 0 Å². The summed E-state index contributed by atoms with van der Waals surface area (Å²) in [6.07, 6.45) is 3.09. The van der Waals surface area contributed by atoms with Gasteiger partial charge in [-0.2, -0.15) is 5.10 Å². The van der Waals surface area contributed by atoms with Crippen LogP contribution in [0, 0.1) is 0 Å². The molecule has 0 amide bonds. The first kappa shape index (κ1) is 14.5. The Morgan fingerprint density at radius 1 is 1.19 bits per heavy atom. The summed E-state index contributed by atoms with van der Waals surface area (Å²) in [5.74, 6) is 0. The number of hydrogen-bond donors (Lipinski definition) is 1. The first-order chi connectivity index (χ1) is 10.3. The Balaban J connectivity index is 1.79. The van der Waals surface area contributed by atoms with E-state index in [4.69, 9.17) is 0 Å². The number of rotatable bonds is 6. The maximum absolute atomic E-state index is 4.51. The van der Waals surface area contributed by atoms with Gasteiger partial charge in [-0.25, -0.2) is 0 Å². The van der Waals surface area contributed by atoms with Crippen LogP contribution in [0.3, 0.4) is 0 Å². The molecule has 3 nitrogen and oxygen atoms in total. The minimum absolute atomic E-state index is 0.273. The standard InChI is InChI=1S/C16H19N3S2/c1-3-13-12(11-19(2)18-13)10-17-16(14-6-4-8-20-14)15-7-5-9-21-15/h4-9,11,16-17H,3,10H2,1-2H3. The fourth-order valence-electron chi connectivity index (χ4n) is 2.49. The van der Waals surface area contributed by atoms with Crippen LogP contribution in [-0.4, -0.2) is 9.78 Å². The Morgan fingerprint density at radius 3 is 2.38 bits per heavy atom. The van der Waals surface area contributed by atoms with Gasteiger partial charge < -0.3 is 5.32 Å². The van der Waals surface area contributed by atoms with Crippen LogP contribution in [0.25, 0.3) is 0 Å². The zero-order chi connectivity index (χ0) is 14.7. The molecular formula is C16H19N3S2. The molecule has 3 aromatic rings. The van der Waals surface area contributed by atoms with Crippen molar-refractivity contribution in [3.05, 3.63) is 62.2 Å². The largest absolute Gasteiger partial charge is 0.301 e. The molecule has 0 spiro atoms. The van der Waals surface area contributed by atoms with Crippen LogP contribution in [0.4, 0.5) is 0 Å². The Labute approximate surface area is 133 Å². The highest BCUT2D eigenvalue weighted by Gasteiger charge is 2.16. The quantitative estimate of drug-likeness (QED) is 0.745. The van der Waals surface area contributed by atoms with E-state index in [0.717, 1.165) is 13.0 Å². The lowest BCUT2D eigenvalue weighted by molar-refractivity contribution is 0.618. The first-order valence-corrected chi connectivity index (χ1v) is 8.85. The van der Waals surface area contributed by atoms with Gasteiger partial charge >= 0.3 is 0 Å². The van der Waals surface area contributed by atoms with Gasteiger partial charge in [0.25, 0.3) is 0 Å². The van der Waals surface area contributed by atoms with Gasteiger partial charge in [-0.1, -0.05) is 19.1 Å². The van der Waals surface area contributed by atoms with E-state index in [2.05, 4.69) is 58.6 Å². The maximum Gasteiger partial charge on any atom is 0.0767 e. The van der Waals surface area contributed by atoms with Crippen molar-refractivity contribution >= 4 is 22.7 Å². The predicted octanol–water partition coefficient (Wildman–Crippen LogP) is 3.98. The molecule has 0 bridgehead atoms. The maximum atomic E-state index is 4.51. The van der Waals surface area contributed by atoms with Gasteiger partial charge in [-0.3, -0.25) is 4.68 Å². The van der Waals surface area contributed by atoms with Crippen molar-refractivity contribution < 1.29 is 0 Å². The van der Waals surface area contributed by atoms with Crippen LogP contribution < -0.4 is 5.32 Å². The lowest BCUT2D eigenvalue weighted by Gasteiger charge is -2.16. The molecule has 3 heterocycles. The van der Waals surface area contributed by atoms with Crippen LogP contribution in [0.5, 0.6) is 0 Å². The number of thiophene rings is 2. The normalized spacial score (nSPS) is 11.4. The molecule has 0 unspecified atom stereocenters. The highest BCUT2D eigenvalue weighted by Crippen LogP contribution is 2.29. The molecule has 0 aliphatic heterocycles. The first-order valence-electron chi connectivity index (χ1n) is 7.09. The third kappa shape index (κ3) is 3.26. The van der Waals surface area contributed by atoms with Crippen LogP contribution in [0.1, 0.15) is 34.0 Å². The van der Waals surface area contributed by atoms with Gasteiger partial charge in [0, 0.05) is 35.1 Å². The zero-order valence-electron chi connectivity index (χ0n) is 12.2. The van der Waals surface area contributed by atoms with Crippen molar-refractivity contribution in [3.63, 3.8) is 0 Å². The second kappa shape index (κ2) is 6.56. The summed E-state index contributed by atoms with van der Waals surface area (Å²) in [5.41, 5.74) is 2.47. The molecule has 0 atom stereocenters. The predicted molar refractivity (Wildman–Crippen MR) is 89.9 cm³/mol. The molecule has 0 aromatic carbocycles. The number of aromatic nitrogens is 2. The highest BCUT2D eigenvalue weighted by atomic mass is 32.1. The van der Waals surface area contributed by atoms with E-state index in [1.54, 1.807) is 22.7 Å². The van der Waals surface area contributed by atoms with E-state index in [9.17, 15) is 0 Å². The molecule has 0 saturated heterocycles. The highest BCUT2D eigenvalue weighted by molar-refractivity contribution is 7.11.